The van der Waals surface area contributed by atoms with Gasteiger partial charge in [-0.15, -0.1) is 0 Å². The lowest BCUT2D eigenvalue weighted by molar-refractivity contribution is -0.197. The summed E-state index contributed by atoms with van der Waals surface area (Å²) in [4.78, 5) is 38.8. The smallest absolute Gasteiger partial charge is 0.308 e. The maximum Gasteiger partial charge on any atom is 0.308 e. The van der Waals surface area contributed by atoms with E-state index < -0.39 is 22.8 Å². The SMILES string of the molecule is CC(=O)OC1=C(C)C(=O)[C@]23[C@H](C=C(C)C)C[C@H](C)[C@H]2CC[C@H](C)[C@@]3(O)C1=O. The average molecular weight is 374 g/mol. The molecule has 1 spiro atoms. The number of ketones is 2. The summed E-state index contributed by atoms with van der Waals surface area (Å²) in [6.45, 7) is 10.6. The Kier molecular flexibility index (Phi) is 4.74. The molecule has 6 atom stereocenters. The second-order valence-corrected chi connectivity index (χ2v) is 8.99. The maximum absolute atomic E-state index is 13.8. The molecule has 148 valence electrons. The van der Waals surface area contributed by atoms with Gasteiger partial charge in [0, 0.05) is 12.5 Å². The van der Waals surface area contributed by atoms with Crippen LogP contribution in [0, 0.1) is 29.1 Å². The van der Waals surface area contributed by atoms with Crippen molar-refractivity contribution in [2.75, 3.05) is 0 Å². The van der Waals surface area contributed by atoms with E-state index in [-0.39, 0.29) is 40.8 Å². The van der Waals surface area contributed by atoms with Crippen LogP contribution in [0.25, 0.3) is 0 Å². The number of carbonyl (C=O) groups is 3. The van der Waals surface area contributed by atoms with Crippen molar-refractivity contribution in [1.29, 1.82) is 0 Å². The first-order chi connectivity index (χ1) is 12.5. The van der Waals surface area contributed by atoms with Crippen LogP contribution in [0.15, 0.2) is 23.0 Å². The van der Waals surface area contributed by atoms with Gasteiger partial charge in [-0.25, -0.2) is 0 Å². The molecule has 3 aliphatic carbocycles. The molecule has 0 unspecified atom stereocenters. The zero-order valence-corrected chi connectivity index (χ0v) is 17.1. The van der Waals surface area contributed by atoms with Crippen LogP contribution in [0.2, 0.25) is 0 Å². The quantitative estimate of drug-likeness (QED) is 0.592. The summed E-state index contributed by atoms with van der Waals surface area (Å²) in [5.41, 5.74) is -1.79. The Balaban J connectivity index is 2.33. The Morgan fingerprint density at radius 1 is 1.15 bits per heavy atom. The Labute approximate surface area is 160 Å². The molecule has 0 bridgehead atoms. The minimum absolute atomic E-state index is 0.0652. The number of aliphatic hydroxyl groups is 1. The lowest BCUT2D eigenvalue weighted by atomic mass is 9.46. The third-order valence-electron chi connectivity index (χ3n) is 7.13. The van der Waals surface area contributed by atoms with E-state index in [0.29, 0.717) is 6.42 Å². The molecule has 0 radical (unpaired) electrons. The highest BCUT2D eigenvalue weighted by atomic mass is 16.5. The molecule has 3 aliphatic rings. The topological polar surface area (TPSA) is 80.7 Å². The van der Waals surface area contributed by atoms with Crippen LogP contribution in [-0.4, -0.2) is 28.2 Å². The molecule has 5 nitrogen and oxygen atoms in total. The Bertz CT molecular complexity index is 772. The Morgan fingerprint density at radius 2 is 1.78 bits per heavy atom. The summed E-state index contributed by atoms with van der Waals surface area (Å²) in [6.07, 6.45) is 4.29. The molecule has 0 aromatic rings. The molecule has 0 saturated heterocycles. The van der Waals surface area contributed by atoms with E-state index in [1.807, 2.05) is 20.8 Å². The van der Waals surface area contributed by atoms with Crippen molar-refractivity contribution in [3.8, 4) is 0 Å². The molecule has 0 aliphatic heterocycles. The molecule has 0 heterocycles. The zero-order valence-electron chi connectivity index (χ0n) is 17.1. The highest BCUT2D eigenvalue weighted by molar-refractivity contribution is 6.19. The van der Waals surface area contributed by atoms with Gasteiger partial charge in [0.05, 0.1) is 5.41 Å². The van der Waals surface area contributed by atoms with Gasteiger partial charge in [0.1, 0.15) is 5.60 Å². The van der Waals surface area contributed by atoms with Crippen molar-refractivity contribution in [1.82, 2.24) is 0 Å². The number of Topliss-reactive ketones (excluding diaryl/α,β-unsaturated/α-hetero) is 2. The van der Waals surface area contributed by atoms with Gasteiger partial charge in [0.25, 0.3) is 0 Å². The van der Waals surface area contributed by atoms with Gasteiger partial charge < -0.3 is 9.84 Å². The molecule has 27 heavy (non-hydrogen) atoms. The van der Waals surface area contributed by atoms with Crippen molar-refractivity contribution < 1.29 is 24.2 Å². The third kappa shape index (κ3) is 2.43. The fourth-order valence-electron chi connectivity index (χ4n) is 6.14. The van der Waals surface area contributed by atoms with E-state index >= 15 is 0 Å². The molecule has 0 aromatic heterocycles. The first-order valence-corrected chi connectivity index (χ1v) is 9.85. The molecule has 2 saturated carbocycles. The highest BCUT2D eigenvalue weighted by Crippen LogP contribution is 2.67. The molecular formula is C22H30O5. The lowest BCUT2D eigenvalue weighted by Crippen LogP contribution is -2.70. The third-order valence-corrected chi connectivity index (χ3v) is 7.13. The standard InChI is InChI=1S/C22H30O5/c1-11(2)9-16-10-12(3)17-8-7-13(4)22(26)20(25)18(27-15(6)23)14(5)19(24)21(16,17)22/h9,12-13,16-17,26H,7-8,10H2,1-6H3/t12-,13-,16+,17+,21-,22+/m0/s1. The monoisotopic (exact) mass is 374 g/mol. The summed E-state index contributed by atoms with van der Waals surface area (Å²) in [7, 11) is 0. The Morgan fingerprint density at radius 3 is 2.33 bits per heavy atom. The van der Waals surface area contributed by atoms with E-state index in [1.54, 1.807) is 6.92 Å². The summed E-state index contributed by atoms with van der Waals surface area (Å²) in [5.74, 6) is -2.20. The predicted molar refractivity (Wildman–Crippen MR) is 100 cm³/mol. The van der Waals surface area contributed by atoms with Gasteiger partial charge in [-0.05, 0) is 63.7 Å². The minimum Gasteiger partial charge on any atom is -0.422 e. The van der Waals surface area contributed by atoms with E-state index in [1.165, 1.54) is 6.92 Å². The van der Waals surface area contributed by atoms with Crippen LogP contribution in [-0.2, 0) is 19.1 Å². The average Bonchev–Trinajstić information content (AvgIpc) is 2.85. The van der Waals surface area contributed by atoms with Crippen LogP contribution >= 0.6 is 0 Å². The van der Waals surface area contributed by atoms with Crippen LogP contribution in [0.5, 0.6) is 0 Å². The fraction of sp³-hybridized carbons (Fsp3) is 0.682. The minimum atomic E-state index is -1.85. The number of rotatable bonds is 2. The van der Waals surface area contributed by atoms with E-state index in [4.69, 9.17) is 4.74 Å². The molecular weight excluding hydrogens is 344 g/mol. The number of ether oxygens (including phenoxy) is 1. The highest BCUT2D eigenvalue weighted by Gasteiger charge is 2.75. The van der Waals surface area contributed by atoms with Crippen LogP contribution < -0.4 is 0 Å². The van der Waals surface area contributed by atoms with Crippen LogP contribution in [0.4, 0.5) is 0 Å². The Hall–Kier alpha value is -1.75. The summed E-state index contributed by atoms with van der Waals surface area (Å²) < 4.78 is 5.13. The van der Waals surface area contributed by atoms with E-state index in [9.17, 15) is 19.5 Å². The first kappa shape index (κ1) is 20.0. The van der Waals surface area contributed by atoms with Crippen LogP contribution in [0.3, 0.4) is 0 Å². The van der Waals surface area contributed by atoms with Gasteiger partial charge >= 0.3 is 5.97 Å². The summed E-state index contributed by atoms with van der Waals surface area (Å²) in [6, 6.07) is 0. The summed E-state index contributed by atoms with van der Waals surface area (Å²) >= 11 is 0. The fourth-order valence-corrected chi connectivity index (χ4v) is 6.14. The lowest BCUT2D eigenvalue weighted by Gasteiger charge is -2.57. The zero-order chi connectivity index (χ0) is 20.3. The van der Waals surface area contributed by atoms with Crippen molar-refractivity contribution in [3.63, 3.8) is 0 Å². The summed E-state index contributed by atoms with van der Waals surface area (Å²) in [5, 5.41) is 11.9. The molecule has 1 N–H and O–H groups in total. The van der Waals surface area contributed by atoms with Crippen molar-refractivity contribution in [2.24, 2.45) is 29.1 Å². The molecule has 0 amide bonds. The van der Waals surface area contributed by atoms with Gasteiger partial charge in [-0.1, -0.05) is 25.5 Å². The molecule has 0 aromatic carbocycles. The van der Waals surface area contributed by atoms with Gasteiger partial charge in [-0.3, -0.25) is 14.4 Å². The van der Waals surface area contributed by atoms with E-state index in [2.05, 4.69) is 13.0 Å². The first-order valence-electron chi connectivity index (χ1n) is 9.85. The normalized spacial score (nSPS) is 41.1. The van der Waals surface area contributed by atoms with E-state index in [0.717, 1.165) is 18.4 Å². The van der Waals surface area contributed by atoms with Gasteiger partial charge in [-0.2, -0.15) is 0 Å². The molecule has 2 fully saturated rings. The van der Waals surface area contributed by atoms with Gasteiger partial charge in [0.2, 0.25) is 5.78 Å². The van der Waals surface area contributed by atoms with Crippen molar-refractivity contribution >= 4 is 17.5 Å². The molecule has 3 rings (SSSR count). The number of hydrogen-bond acceptors (Lipinski definition) is 5. The molecule has 5 heteroatoms. The van der Waals surface area contributed by atoms with Crippen molar-refractivity contribution in [2.45, 2.75) is 66.4 Å². The van der Waals surface area contributed by atoms with Crippen LogP contribution in [0.1, 0.15) is 60.8 Å². The van der Waals surface area contributed by atoms with Crippen molar-refractivity contribution in [3.05, 3.63) is 23.0 Å². The largest absolute Gasteiger partial charge is 0.422 e. The number of carbonyl (C=O) groups excluding carboxylic acids is 3. The van der Waals surface area contributed by atoms with Gasteiger partial charge in [0.15, 0.2) is 11.5 Å². The second kappa shape index (κ2) is 6.40. The number of hydrogen-bond donors (Lipinski definition) is 1. The maximum atomic E-state index is 13.8. The number of allylic oxidation sites excluding steroid dienone is 3. The second-order valence-electron chi connectivity index (χ2n) is 8.99. The number of esters is 1. The predicted octanol–water partition coefficient (Wildman–Crippen LogP) is 3.36.